The summed E-state index contributed by atoms with van der Waals surface area (Å²) in [6.45, 7) is 2.11. The molecule has 0 spiro atoms. The van der Waals surface area contributed by atoms with Crippen LogP contribution in [0.15, 0.2) is 24.3 Å². The van der Waals surface area contributed by atoms with Gasteiger partial charge in [0.05, 0.1) is 18.6 Å². The number of ketones is 1. The van der Waals surface area contributed by atoms with Crippen LogP contribution in [0.4, 0.5) is 13.2 Å². The Morgan fingerprint density at radius 1 is 1.29 bits per heavy atom. The lowest BCUT2D eigenvalue weighted by Crippen LogP contribution is -2.11. The Labute approximate surface area is 97.4 Å². The van der Waals surface area contributed by atoms with Crippen LogP contribution in [0, 0.1) is 0 Å². The van der Waals surface area contributed by atoms with Crippen molar-refractivity contribution < 1.29 is 22.7 Å². The first-order valence-corrected chi connectivity index (χ1v) is 5.26. The van der Waals surface area contributed by atoms with E-state index in [2.05, 4.69) is 0 Å². The normalized spacial score (nSPS) is 11.3. The van der Waals surface area contributed by atoms with Gasteiger partial charge in [-0.1, -0.05) is 12.1 Å². The van der Waals surface area contributed by atoms with Crippen LogP contribution in [0.3, 0.4) is 0 Å². The Hall–Kier alpha value is -1.52. The number of hydrogen-bond acceptors (Lipinski definition) is 2. The van der Waals surface area contributed by atoms with E-state index in [-0.39, 0.29) is 5.56 Å². The van der Waals surface area contributed by atoms with Gasteiger partial charge in [-0.3, -0.25) is 4.79 Å². The van der Waals surface area contributed by atoms with Gasteiger partial charge in [-0.25, -0.2) is 0 Å². The maximum atomic E-state index is 12.0. The molecule has 0 aliphatic rings. The molecule has 0 aliphatic carbocycles. The predicted molar refractivity (Wildman–Crippen MR) is 57.2 cm³/mol. The average Bonchev–Trinajstić information content (AvgIpc) is 2.26. The lowest BCUT2D eigenvalue weighted by Gasteiger charge is -2.09. The molecule has 1 aromatic rings. The second kappa shape index (κ2) is 5.70. The van der Waals surface area contributed by atoms with Crippen molar-refractivity contribution in [3.63, 3.8) is 0 Å². The minimum atomic E-state index is -4.31. The highest BCUT2D eigenvalue weighted by atomic mass is 19.4. The molecule has 0 unspecified atom stereocenters. The summed E-state index contributed by atoms with van der Waals surface area (Å²) in [5, 5.41) is 0. The quantitative estimate of drug-likeness (QED) is 0.742. The Balaban J connectivity index is 2.74. The van der Waals surface area contributed by atoms with Gasteiger partial charge >= 0.3 is 6.18 Å². The van der Waals surface area contributed by atoms with Crippen molar-refractivity contribution in [3.05, 3.63) is 29.8 Å². The summed E-state index contributed by atoms with van der Waals surface area (Å²) in [5.74, 6) is -0.214. The molecule has 17 heavy (non-hydrogen) atoms. The summed E-state index contributed by atoms with van der Waals surface area (Å²) >= 11 is 0. The van der Waals surface area contributed by atoms with Crippen LogP contribution in [-0.2, 0) is 0 Å². The third kappa shape index (κ3) is 4.46. The third-order valence-electron chi connectivity index (χ3n) is 2.12. The van der Waals surface area contributed by atoms with E-state index in [1.165, 1.54) is 6.07 Å². The van der Waals surface area contributed by atoms with Crippen LogP contribution < -0.4 is 4.74 Å². The molecule has 1 aromatic carbocycles. The monoisotopic (exact) mass is 246 g/mol. The second-order valence-corrected chi connectivity index (χ2v) is 3.47. The molecule has 0 saturated carbocycles. The van der Waals surface area contributed by atoms with Crippen molar-refractivity contribution in [2.75, 3.05) is 6.61 Å². The van der Waals surface area contributed by atoms with Gasteiger partial charge in [0.15, 0.2) is 5.78 Å². The van der Waals surface area contributed by atoms with E-state index >= 15 is 0 Å². The Morgan fingerprint density at radius 2 is 1.94 bits per heavy atom. The number of para-hydroxylation sites is 1. The minimum absolute atomic E-state index is 0.207. The van der Waals surface area contributed by atoms with Gasteiger partial charge in [-0.2, -0.15) is 13.2 Å². The number of Topliss-reactive ketones (excluding diaryl/α,β-unsaturated/α-hetero) is 1. The molecule has 0 atom stereocenters. The first-order valence-electron chi connectivity index (χ1n) is 5.26. The van der Waals surface area contributed by atoms with E-state index in [1.807, 2.05) is 0 Å². The smallest absolute Gasteiger partial charge is 0.389 e. The van der Waals surface area contributed by atoms with Crippen molar-refractivity contribution in [3.8, 4) is 5.75 Å². The summed E-state index contributed by atoms with van der Waals surface area (Å²) in [6, 6.07) is 6.32. The maximum Gasteiger partial charge on any atom is 0.389 e. The molecule has 94 valence electrons. The lowest BCUT2D eigenvalue weighted by atomic mass is 10.1. The van der Waals surface area contributed by atoms with Crippen LogP contribution >= 0.6 is 0 Å². The van der Waals surface area contributed by atoms with Gasteiger partial charge in [0.1, 0.15) is 5.75 Å². The van der Waals surface area contributed by atoms with E-state index < -0.39 is 24.8 Å². The number of hydrogen-bond donors (Lipinski definition) is 0. The Morgan fingerprint density at radius 3 is 2.53 bits per heavy atom. The van der Waals surface area contributed by atoms with Gasteiger partial charge < -0.3 is 4.74 Å². The van der Waals surface area contributed by atoms with Crippen LogP contribution in [0.5, 0.6) is 5.75 Å². The number of alkyl halides is 3. The Bertz CT molecular complexity index is 386. The average molecular weight is 246 g/mol. The third-order valence-corrected chi connectivity index (χ3v) is 2.12. The van der Waals surface area contributed by atoms with Gasteiger partial charge in [0.25, 0.3) is 0 Å². The molecule has 0 saturated heterocycles. The molecule has 1 rings (SSSR count). The molecule has 5 heteroatoms. The van der Waals surface area contributed by atoms with E-state index in [4.69, 9.17) is 4.74 Å². The number of rotatable bonds is 5. The topological polar surface area (TPSA) is 26.3 Å². The highest BCUT2D eigenvalue weighted by Gasteiger charge is 2.28. The second-order valence-electron chi connectivity index (χ2n) is 3.47. The largest absolute Gasteiger partial charge is 0.493 e. The number of benzene rings is 1. The first-order chi connectivity index (χ1) is 7.94. The molecule has 0 heterocycles. The predicted octanol–water partition coefficient (Wildman–Crippen LogP) is 3.61. The van der Waals surface area contributed by atoms with Gasteiger partial charge in [-0.05, 0) is 19.1 Å². The number of carbonyl (C=O) groups excluding carboxylic acids is 1. The fourth-order valence-corrected chi connectivity index (χ4v) is 1.37. The molecular weight excluding hydrogens is 233 g/mol. The van der Waals surface area contributed by atoms with Crippen molar-refractivity contribution in [1.82, 2.24) is 0 Å². The highest BCUT2D eigenvalue weighted by Crippen LogP contribution is 2.25. The van der Waals surface area contributed by atoms with Crippen LogP contribution in [0.2, 0.25) is 0 Å². The minimum Gasteiger partial charge on any atom is -0.493 e. The summed E-state index contributed by atoms with van der Waals surface area (Å²) in [4.78, 5) is 11.6. The lowest BCUT2D eigenvalue weighted by molar-refractivity contribution is -0.133. The zero-order valence-electron chi connectivity index (χ0n) is 9.38. The van der Waals surface area contributed by atoms with Crippen LogP contribution in [0.1, 0.15) is 30.1 Å². The summed E-state index contributed by atoms with van der Waals surface area (Å²) in [5.41, 5.74) is 0.207. The molecule has 0 radical (unpaired) electrons. The Kier molecular flexibility index (Phi) is 4.54. The van der Waals surface area contributed by atoms with Crippen LogP contribution in [-0.4, -0.2) is 18.6 Å². The molecule has 0 bridgehead atoms. The van der Waals surface area contributed by atoms with Gasteiger partial charge in [0.2, 0.25) is 0 Å². The van der Waals surface area contributed by atoms with Crippen molar-refractivity contribution in [2.24, 2.45) is 0 Å². The summed E-state index contributed by atoms with van der Waals surface area (Å²) in [6.07, 6.45) is -5.96. The van der Waals surface area contributed by atoms with E-state index in [0.717, 1.165) is 0 Å². The van der Waals surface area contributed by atoms with E-state index in [9.17, 15) is 18.0 Å². The molecule has 0 amide bonds. The fourth-order valence-electron chi connectivity index (χ4n) is 1.37. The molecular formula is C12H13F3O2. The standard InChI is InChI=1S/C12H13F3O2/c1-2-17-11-6-4-3-5-9(11)10(16)7-8-12(13,14)15/h3-6H,2,7-8H2,1H3. The fraction of sp³-hybridized carbons (Fsp3) is 0.417. The molecule has 0 aromatic heterocycles. The maximum absolute atomic E-state index is 12.0. The number of halogens is 3. The number of carbonyl (C=O) groups is 1. The van der Waals surface area contributed by atoms with E-state index in [1.54, 1.807) is 25.1 Å². The van der Waals surface area contributed by atoms with Crippen molar-refractivity contribution >= 4 is 5.78 Å². The SMILES string of the molecule is CCOc1ccccc1C(=O)CCC(F)(F)F. The molecule has 0 N–H and O–H groups in total. The summed E-state index contributed by atoms with van der Waals surface area (Å²) in [7, 11) is 0. The van der Waals surface area contributed by atoms with Gasteiger partial charge in [-0.15, -0.1) is 0 Å². The number of ether oxygens (including phenoxy) is 1. The van der Waals surface area contributed by atoms with E-state index in [0.29, 0.717) is 12.4 Å². The molecule has 2 nitrogen and oxygen atoms in total. The van der Waals surface area contributed by atoms with Crippen molar-refractivity contribution in [2.45, 2.75) is 25.9 Å². The highest BCUT2D eigenvalue weighted by molar-refractivity contribution is 5.98. The zero-order chi connectivity index (χ0) is 12.9. The van der Waals surface area contributed by atoms with Crippen molar-refractivity contribution in [1.29, 1.82) is 0 Å². The molecule has 0 aliphatic heterocycles. The zero-order valence-corrected chi connectivity index (χ0v) is 9.38. The first kappa shape index (κ1) is 13.5. The van der Waals surface area contributed by atoms with Gasteiger partial charge in [0, 0.05) is 6.42 Å². The summed E-state index contributed by atoms with van der Waals surface area (Å²) < 4.78 is 41.2. The molecule has 0 fully saturated rings. The van der Waals surface area contributed by atoms with Crippen LogP contribution in [0.25, 0.3) is 0 Å².